The van der Waals surface area contributed by atoms with E-state index in [1.807, 2.05) is 26.0 Å². The molecule has 0 aliphatic carbocycles. The van der Waals surface area contributed by atoms with Crippen molar-refractivity contribution in [2.45, 2.75) is 26.3 Å². The lowest BCUT2D eigenvalue weighted by Crippen LogP contribution is -2.45. The molecule has 1 aliphatic heterocycles. The molecule has 0 aromatic heterocycles. The van der Waals surface area contributed by atoms with Gasteiger partial charge in [-0.15, -0.1) is 0 Å². The lowest BCUT2D eigenvalue weighted by Gasteiger charge is -2.29. The van der Waals surface area contributed by atoms with Gasteiger partial charge in [-0.3, -0.25) is 4.79 Å². The lowest BCUT2D eigenvalue weighted by molar-refractivity contribution is -0.135. The number of ether oxygens (including phenoxy) is 1. The van der Waals surface area contributed by atoms with Gasteiger partial charge in [0.05, 0.1) is 11.5 Å². The summed E-state index contributed by atoms with van der Waals surface area (Å²) in [6.45, 7) is 4.49. The van der Waals surface area contributed by atoms with Crippen molar-refractivity contribution in [1.82, 2.24) is 4.90 Å². The molecule has 128 valence electrons. The highest BCUT2D eigenvalue weighted by molar-refractivity contribution is 9.10. The van der Waals surface area contributed by atoms with Crippen molar-refractivity contribution in [3.8, 4) is 5.75 Å². The van der Waals surface area contributed by atoms with Crippen molar-refractivity contribution in [3.63, 3.8) is 0 Å². The second kappa shape index (κ2) is 7.66. The Morgan fingerprint density at radius 1 is 1.35 bits per heavy atom. The van der Waals surface area contributed by atoms with Crippen molar-refractivity contribution in [1.29, 1.82) is 0 Å². The number of hydrogen-bond acceptors (Lipinski definition) is 4. The molecule has 0 spiro atoms. The Labute approximate surface area is 146 Å². The molecule has 0 bridgehead atoms. The van der Waals surface area contributed by atoms with Crippen LogP contribution in [-0.2, 0) is 14.6 Å². The average Bonchev–Trinajstić information content (AvgIpc) is 2.83. The highest BCUT2D eigenvalue weighted by Crippen LogP contribution is 2.20. The molecule has 0 radical (unpaired) electrons. The van der Waals surface area contributed by atoms with Crippen molar-refractivity contribution in [2.75, 3.05) is 24.7 Å². The van der Waals surface area contributed by atoms with Gasteiger partial charge in [0.15, 0.2) is 16.4 Å². The number of halogens is 1. The van der Waals surface area contributed by atoms with Crippen LogP contribution in [0, 0.1) is 5.92 Å². The topological polar surface area (TPSA) is 63.7 Å². The number of nitrogens with zero attached hydrogens (tertiary/aromatic N) is 1. The number of sulfone groups is 1. The lowest BCUT2D eigenvalue weighted by atomic mass is 10.1. The molecule has 0 N–H and O–H groups in total. The van der Waals surface area contributed by atoms with Crippen LogP contribution in [0.15, 0.2) is 28.7 Å². The molecule has 2 rings (SSSR count). The predicted octanol–water partition coefficient (Wildman–Crippen LogP) is 2.50. The van der Waals surface area contributed by atoms with Crippen LogP contribution in [0.3, 0.4) is 0 Å². The molecule has 1 saturated heterocycles. The van der Waals surface area contributed by atoms with Gasteiger partial charge in [0.2, 0.25) is 0 Å². The average molecular weight is 404 g/mol. The van der Waals surface area contributed by atoms with Gasteiger partial charge in [0, 0.05) is 17.1 Å². The first kappa shape index (κ1) is 18.3. The Kier molecular flexibility index (Phi) is 6.08. The zero-order valence-electron chi connectivity index (χ0n) is 13.4. The fourth-order valence-electron chi connectivity index (χ4n) is 2.63. The summed E-state index contributed by atoms with van der Waals surface area (Å²) in [7, 11) is -3.02. The largest absolute Gasteiger partial charge is 0.484 e. The molecule has 1 amide bonds. The molecular weight excluding hydrogens is 382 g/mol. The number of rotatable bonds is 6. The van der Waals surface area contributed by atoms with E-state index < -0.39 is 9.84 Å². The van der Waals surface area contributed by atoms with E-state index in [2.05, 4.69) is 15.9 Å². The Bertz CT molecular complexity index is 643. The molecule has 1 fully saturated rings. The van der Waals surface area contributed by atoms with Gasteiger partial charge >= 0.3 is 0 Å². The third-order valence-electron chi connectivity index (χ3n) is 3.71. The number of carbonyl (C=O) groups is 1. The second-order valence-corrected chi connectivity index (χ2v) is 9.38. The van der Waals surface area contributed by atoms with Crippen molar-refractivity contribution in [2.24, 2.45) is 5.92 Å². The zero-order valence-corrected chi connectivity index (χ0v) is 15.8. The summed E-state index contributed by atoms with van der Waals surface area (Å²) in [5.74, 6) is 0.945. The summed E-state index contributed by atoms with van der Waals surface area (Å²) in [6, 6.07) is 7.02. The molecule has 1 atom stereocenters. The fourth-order valence-corrected chi connectivity index (χ4v) is 4.62. The van der Waals surface area contributed by atoms with Crippen LogP contribution < -0.4 is 4.74 Å². The summed E-state index contributed by atoms with van der Waals surface area (Å²) in [4.78, 5) is 14.2. The van der Waals surface area contributed by atoms with Crippen LogP contribution in [0.1, 0.15) is 20.3 Å². The van der Waals surface area contributed by atoms with E-state index in [4.69, 9.17) is 4.74 Å². The third-order valence-corrected chi connectivity index (χ3v) is 5.99. The van der Waals surface area contributed by atoms with E-state index in [9.17, 15) is 13.2 Å². The highest BCUT2D eigenvalue weighted by atomic mass is 79.9. The number of hydrogen-bond donors (Lipinski definition) is 0. The van der Waals surface area contributed by atoms with Crippen molar-refractivity contribution in [3.05, 3.63) is 28.7 Å². The Hall–Kier alpha value is -1.08. The summed E-state index contributed by atoms with van der Waals surface area (Å²) < 4.78 is 29.9. The van der Waals surface area contributed by atoms with E-state index in [1.165, 1.54) is 0 Å². The molecule has 1 aromatic carbocycles. The first-order chi connectivity index (χ1) is 10.8. The summed E-state index contributed by atoms with van der Waals surface area (Å²) in [6.07, 6.45) is 0.513. The van der Waals surface area contributed by atoms with E-state index in [0.717, 1.165) is 4.47 Å². The minimum atomic E-state index is -3.02. The fraction of sp³-hybridized carbons (Fsp3) is 0.562. The maximum atomic E-state index is 12.5. The Morgan fingerprint density at radius 3 is 2.52 bits per heavy atom. The number of carbonyl (C=O) groups excluding carboxylic acids is 1. The standard InChI is InChI=1S/C16H22BrNO4S/c1-12(2)9-18(14-7-8-23(20,21)11-14)16(19)10-22-15-5-3-13(17)4-6-15/h3-6,12,14H,7-11H2,1-2H3/t14-/m1/s1. The predicted molar refractivity (Wildman–Crippen MR) is 93.2 cm³/mol. The van der Waals surface area contributed by atoms with Crippen LogP contribution in [0.5, 0.6) is 5.75 Å². The van der Waals surface area contributed by atoms with Gasteiger partial charge in [-0.2, -0.15) is 0 Å². The number of amides is 1. The van der Waals surface area contributed by atoms with Crippen LogP contribution in [0.4, 0.5) is 0 Å². The summed E-state index contributed by atoms with van der Waals surface area (Å²) >= 11 is 3.34. The molecular formula is C16H22BrNO4S. The minimum Gasteiger partial charge on any atom is -0.484 e. The second-order valence-electron chi connectivity index (χ2n) is 6.24. The van der Waals surface area contributed by atoms with Gasteiger partial charge in [-0.05, 0) is 36.6 Å². The molecule has 1 heterocycles. The smallest absolute Gasteiger partial charge is 0.260 e. The van der Waals surface area contributed by atoms with E-state index in [-0.39, 0.29) is 36.0 Å². The molecule has 7 heteroatoms. The Morgan fingerprint density at radius 2 is 2.00 bits per heavy atom. The van der Waals surface area contributed by atoms with Crippen molar-refractivity contribution < 1.29 is 17.9 Å². The number of benzene rings is 1. The molecule has 0 saturated carbocycles. The third kappa shape index (κ3) is 5.49. The van der Waals surface area contributed by atoms with Crippen LogP contribution in [-0.4, -0.2) is 49.9 Å². The SMILES string of the molecule is CC(C)CN(C(=O)COc1ccc(Br)cc1)[C@@H]1CCS(=O)(=O)C1. The summed E-state index contributed by atoms with van der Waals surface area (Å²) in [5.41, 5.74) is 0. The molecule has 0 unspecified atom stereocenters. The van der Waals surface area contributed by atoms with Crippen molar-refractivity contribution >= 4 is 31.7 Å². The Balaban J connectivity index is 2.00. The van der Waals surface area contributed by atoms with Gasteiger partial charge in [0.1, 0.15) is 5.75 Å². The first-order valence-electron chi connectivity index (χ1n) is 7.65. The van der Waals surface area contributed by atoms with E-state index in [0.29, 0.717) is 18.7 Å². The van der Waals surface area contributed by atoms with Crippen LogP contribution >= 0.6 is 15.9 Å². The van der Waals surface area contributed by atoms with Gasteiger partial charge in [-0.1, -0.05) is 29.8 Å². The van der Waals surface area contributed by atoms with Crippen LogP contribution in [0.25, 0.3) is 0 Å². The summed E-state index contributed by atoms with van der Waals surface area (Å²) in [5, 5.41) is 0. The molecule has 5 nitrogen and oxygen atoms in total. The monoisotopic (exact) mass is 403 g/mol. The quantitative estimate of drug-likeness (QED) is 0.731. The molecule has 23 heavy (non-hydrogen) atoms. The maximum absolute atomic E-state index is 12.5. The minimum absolute atomic E-state index is 0.0593. The van der Waals surface area contributed by atoms with Crippen LogP contribution in [0.2, 0.25) is 0 Å². The zero-order chi connectivity index (χ0) is 17.0. The van der Waals surface area contributed by atoms with E-state index in [1.54, 1.807) is 17.0 Å². The first-order valence-corrected chi connectivity index (χ1v) is 10.3. The normalized spacial score (nSPS) is 19.7. The molecule has 1 aromatic rings. The van der Waals surface area contributed by atoms with E-state index >= 15 is 0 Å². The highest BCUT2D eigenvalue weighted by Gasteiger charge is 2.34. The van der Waals surface area contributed by atoms with Gasteiger partial charge < -0.3 is 9.64 Å². The van der Waals surface area contributed by atoms with Gasteiger partial charge in [-0.25, -0.2) is 8.42 Å². The van der Waals surface area contributed by atoms with Gasteiger partial charge in [0.25, 0.3) is 5.91 Å². The maximum Gasteiger partial charge on any atom is 0.260 e. The molecule has 1 aliphatic rings.